The Labute approximate surface area is 698 Å². The molecule has 117 heavy (non-hydrogen) atoms. The van der Waals surface area contributed by atoms with Crippen LogP contribution in [0.25, 0.3) is 122 Å². The van der Waals surface area contributed by atoms with Crippen LogP contribution in [-0.4, -0.2) is 18.3 Å². The second-order valence-corrected chi connectivity index (χ2v) is 31.2. The summed E-state index contributed by atoms with van der Waals surface area (Å²) in [5.74, 6) is 0. The van der Waals surface area contributed by atoms with Gasteiger partial charge in [0.05, 0.1) is 11.2 Å². The van der Waals surface area contributed by atoms with Crippen molar-refractivity contribution >= 4 is 84.2 Å². The Balaban J connectivity index is 0.000000141. The molecule has 18 aromatic carbocycles. The Morgan fingerprint density at radius 2 is 0.436 bits per heavy atom. The van der Waals surface area contributed by atoms with Gasteiger partial charge in [-0.2, -0.15) is 0 Å². The van der Waals surface area contributed by atoms with E-state index in [1.54, 1.807) is 0 Å². The van der Waals surface area contributed by atoms with Crippen LogP contribution < -0.4 is 15.3 Å². The van der Waals surface area contributed by atoms with Gasteiger partial charge in [0, 0.05) is 38.6 Å². The molecule has 0 bridgehead atoms. The van der Waals surface area contributed by atoms with Gasteiger partial charge in [0.25, 0.3) is 0 Å². The van der Waals surface area contributed by atoms with Crippen LogP contribution in [0.4, 0.5) is 34.1 Å². The Morgan fingerprint density at radius 1 is 0.214 bits per heavy atom. The smallest absolute Gasteiger partial charge is 0.399 e. The maximum absolute atomic E-state index is 6.29. The maximum atomic E-state index is 6.29. The minimum Gasteiger partial charge on any atom is -0.399 e. The molecule has 0 radical (unpaired) electrons. The summed E-state index contributed by atoms with van der Waals surface area (Å²) in [6.07, 6.45) is 0. The van der Waals surface area contributed by atoms with Crippen LogP contribution in [0.1, 0.15) is 35.1 Å². The van der Waals surface area contributed by atoms with Crippen molar-refractivity contribution in [3.63, 3.8) is 0 Å². The number of rotatable bonds is 16. The largest absolute Gasteiger partial charge is 0.494 e. The fourth-order valence-corrected chi connectivity index (χ4v) is 16.0. The molecule has 0 N–H and O–H groups in total. The number of anilines is 6. The molecule has 0 amide bonds. The fourth-order valence-electron chi connectivity index (χ4n) is 15.6. The number of nitrogens with zero attached hydrogens (tertiary/aromatic N) is 2. The first kappa shape index (κ1) is 77.5. The van der Waals surface area contributed by atoms with Crippen LogP contribution in [0.2, 0.25) is 0 Å². The van der Waals surface area contributed by atoms with E-state index in [-0.39, 0.29) is 25.7 Å². The zero-order valence-electron chi connectivity index (χ0n) is 65.4. The standard InChI is InChI=1S/C52H37N.C36H34BNO2.C22H15Br.CH4/c1-4-13-38(14-5-1)40-25-31-47(32-26-40)53(48-33-27-41(28-34-48)39-15-6-2-7-16-39)49-35-29-42(30-36-49)45-21-10-22-46(37-45)51-24-12-20-44-19-11-23-50(52(44)51)43-17-8-3-9-18-43;1-35(2)36(3,4)40-37(39-35)31-19-25-34(26-20-31)38(32-21-15-29(16-22-32)27-11-7-5-8-12-27)33-23-17-30(18-24-33)28-13-9-6-10-14-28;23-19-12-4-11-18(15-19)21-14-6-10-17-9-5-13-20(22(17)21)16-7-2-1-3-8-16;/h1-37H;5-26H,1-4H3;1-15H;1H4. The second kappa shape index (κ2) is 35.1. The Bertz CT molecular complexity index is 6140. The summed E-state index contributed by atoms with van der Waals surface area (Å²) in [5.41, 5.74) is 28.8. The molecule has 0 atom stereocenters. The highest BCUT2D eigenvalue weighted by molar-refractivity contribution is 9.10. The van der Waals surface area contributed by atoms with E-state index in [0.717, 1.165) is 44.1 Å². The highest BCUT2D eigenvalue weighted by atomic mass is 79.9. The van der Waals surface area contributed by atoms with E-state index in [4.69, 9.17) is 9.31 Å². The van der Waals surface area contributed by atoms with Gasteiger partial charge < -0.3 is 19.1 Å². The molecule has 0 aromatic heterocycles. The van der Waals surface area contributed by atoms with E-state index in [2.05, 4.69) is 490 Å². The summed E-state index contributed by atoms with van der Waals surface area (Å²) in [6.45, 7) is 8.34. The van der Waals surface area contributed by atoms with Gasteiger partial charge in [-0.15, -0.1) is 0 Å². The van der Waals surface area contributed by atoms with Crippen LogP contribution >= 0.6 is 15.9 Å². The van der Waals surface area contributed by atoms with Gasteiger partial charge in [0.2, 0.25) is 0 Å². The SMILES string of the molecule is Brc1cccc(-c2cccc3cccc(-c4ccccc4)c23)c1.C.CC1(C)OB(c2ccc(N(c3ccc(-c4ccccc4)cc3)c3ccc(-c4ccccc4)cc3)cc2)OC1(C)C.c1ccc(-c2ccc(N(c3ccc(-c4ccccc4)cc3)c3ccc(-c4cccc(-c5cccc6cccc(-c7ccccc7)c56)c4)cc3)cc2)cc1. The van der Waals surface area contributed by atoms with Crippen molar-refractivity contribution in [2.24, 2.45) is 0 Å². The average molecular weight is 1570 g/mol. The third-order valence-corrected chi connectivity index (χ3v) is 22.8. The van der Waals surface area contributed by atoms with Crippen molar-refractivity contribution in [3.8, 4) is 100 Å². The molecule has 0 aliphatic carbocycles. The molecule has 19 rings (SSSR count). The monoisotopic (exact) mass is 1570 g/mol. The Hall–Kier alpha value is -13.5. The lowest BCUT2D eigenvalue weighted by Crippen LogP contribution is -2.41. The van der Waals surface area contributed by atoms with Gasteiger partial charge >= 0.3 is 7.12 Å². The van der Waals surface area contributed by atoms with E-state index in [0.29, 0.717) is 0 Å². The normalized spacial score (nSPS) is 12.5. The van der Waals surface area contributed by atoms with Gasteiger partial charge in [-0.3, -0.25) is 0 Å². The molecule has 6 heteroatoms. The quantitative estimate of drug-likeness (QED) is 0.0900. The zero-order chi connectivity index (χ0) is 78.8. The van der Waals surface area contributed by atoms with Crippen LogP contribution in [-0.2, 0) is 9.31 Å². The second-order valence-electron chi connectivity index (χ2n) is 30.3. The fraction of sp³-hybridized carbons (Fsp3) is 0.0631. The van der Waals surface area contributed by atoms with Crippen molar-refractivity contribution < 1.29 is 9.31 Å². The van der Waals surface area contributed by atoms with Gasteiger partial charge in [-0.05, 0) is 246 Å². The minimum absolute atomic E-state index is 0. The molecule has 0 saturated carbocycles. The van der Waals surface area contributed by atoms with Crippen LogP contribution in [0.5, 0.6) is 0 Å². The van der Waals surface area contributed by atoms with Crippen molar-refractivity contribution in [2.75, 3.05) is 9.80 Å². The summed E-state index contributed by atoms with van der Waals surface area (Å²) in [6, 6.07) is 160. The molecule has 0 unspecified atom stereocenters. The lowest BCUT2D eigenvalue weighted by Gasteiger charge is -2.32. The van der Waals surface area contributed by atoms with Crippen LogP contribution in [0.15, 0.2) is 453 Å². The van der Waals surface area contributed by atoms with Crippen molar-refractivity contribution in [3.05, 3.63) is 453 Å². The maximum Gasteiger partial charge on any atom is 0.494 e. The zero-order valence-corrected chi connectivity index (χ0v) is 67.0. The lowest BCUT2D eigenvalue weighted by atomic mass is 9.79. The third-order valence-electron chi connectivity index (χ3n) is 22.4. The first-order valence-corrected chi connectivity index (χ1v) is 40.5. The summed E-state index contributed by atoms with van der Waals surface area (Å²) in [7, 11) is -0.386. The summed E-state index contributed by atoms with van der Waals surface area (Å²) < 4.78 is 13.7. The third kappa shape index (κ3) is 17.2. The molecule has 1 aliphatic rings. The van der Waals surface area contributed by atoms with Gasteiger partial charge in [-0.25, -0.2) is 0 Å². The summed E-state index contributed by atoms with van der Waals surface area (Å²) >= 11 is 3.59. The van der Waals surface area contributed by atoms with E-state index in [1.807, 2.05) is 12.1 Å². The summed E-state index contributed by atoms with van der Waals surface area (Å²) in [5, 5.41) is 5.09. The molecule has 4 nitrogen and oxygen atoms in total. The van der Waals surface area contributed by atoms with E-state index in [9.17, 15) is 0 Å². The highest BCUT2D eigenvalue weighted by Gasteiger charge is 2.51. The van der Waals surface area contributed by atoms with E-state index in [1.165, 1.54) is 122 Å². The van der Waals surface area contributed by atoms with Gasteiger partial charge in [-0.1, -0.05) is 381 Å². The van der Waals surface area contributed by atoms with Crippen molar-refractivity contribution in [1.82, 2.24) is 0 Å². The van der Waals surface area contributed by atoms with Crippen molar-refractivity contribution in [1.29, 1.82) is 0 Å². The molecule has 0 spiro atoms. The first-order valence-electron chi connectivity index (χ1n) is 39.7. The first-order chi connectivity index (χ1) is 56.9. The van der Waals surface area contributed by atoms with Crippen LogP contribution in [0, 0.1) is 0 Å². The molecular formula is C111H90BBrN2O2. The summed E-state index contributed by atoms with van der Waals surface area (Å²) in [4.78, 5) is 4.63. The molecule has 18 aromatic rings. The molecule has 1 heterocycles. The Kier molecular flexibility index (Phi) is 23.2. The van der Waals surface area contributed by atoms with E-state index >= 15 is 0 Å². The number of benzene rings is 18. The molecule has 1 aliphatic heterocycles. The van der Waals surface area contributed by atoms with E-state index < -0.39 is 0 Å². The predicted molar refractivity (Wildman–Crippen MR) is 503 cm³/mol. The molecular weight excluding hydrogens is 1480 g/mol. The Morgan fingerprint density at radius 3 is 0.735 bits per heavy atom. The topological polar surface area (TPSA) is 24.9 Å². The number of fused-ring (bicyclic) bond motifs is 2. The minimum atomic E-state index is -0.386. The lowest BCUT2D eigenvalue weighted by molar-refractivity contribution is 0.00578. The predicted octanol–water partition coefficient (Wildman–Crippen LogP) is 31.0. The number of halogens is 1. The average Bonchev–Trinajstić information content (AvgIpc) is 1.21. The highest BCUT2D eigenvalue weighted by Crippen LogP contribution is 2.44. The molecule has 1 saturated heterocycles. The van der Waals surface area contributed by atoms with Gasteiger partial charge in [0.1, 0.15) is 0 Å². The number of hydrogen-bond donors (Lipinski definition) is 0. The molecule has 1 fully saturated rings. The van der Waals surface area contributed by atoms with Gasteiger partial charge in [0.15, 0.2) is 0 Å². The number of hydrogen-bond acceptors (Lipinski definition) is 4. The van der Waals surface area contributed by atoms with Crippen molar-refractivity contribution in [2.45, 2.75) is 46.3 Å². The van der Waals surface area contributed by atoms with Crippen LogP contribution in [0.3, 0.4) is 0 Å². The molecule has 566 valence electrons.